The minimum absolute atomic E-state index is 0.125. The van der Waals surface area contributed by atoms with Gasteiger partial charge in [0.2, 0.25) is 0 Å². The molecule has 3 N–H and O–H groups in total. The SMILES string of the molecule is OCCO.[CH2]CCCO. The Morgan fingerprint density at radius 3 is 1.33 bits per heavy atom. The zero-order valence-electron chi connectivity index (χ0n) is 5.58. The Bertz CT molecular complexity index is 27.5. The molecule has 0 aliphatic carbocycles. The lowest BCUT2D eigenvalue weighted by Crippen LogP contribution is -1.85. The highest BCUT2D eigenvalue weighted by Gasteiger charge is 1.69. The molecule has 3 heteroatoms. The first kappa shape index (κ1) is 11.6. The largest absolute Gasteiger partial charge is 0.396 e. The van der Waals surface area contributed by atoms with Crippen LogP contribution in [-0.4, -0.2) is 35.1 Å². The lowest BCUT2D eigenvalue weighted by Gasteiger charge is -1.79. The third-order valence-corrected chi connectivity index (χ3v) is 0.508. The third-order valence-electron chi connectivity index (χ3n) is 0.508. The molecule has 0 spiro atoms. The maximum Gasteiger partial charge on any atom is 0.0662 e. The summed E-state index contributed by atoms with van der Waals surface area (Å²) in [6.07, 6.45) is 1.68. The van der Waals surface area contributed by atoms with E-state index in [2.05, 4.69) is 6.92 Å². The Kier molecular flexibility index (Phi) is 20.3. The molecule has 0 atom stereocenters. The van der Waals surface area contributed by atoms with Gasteiger partial charge in [0, 0.05) is 6.61 Å². The van der Waals surface area contributed by atoms with Gasteiger partial charge in [-0.3, -0.25) is 0 Å². The van der Waals surface area contributed by atoms with Gasteiger partial charge in [-0.15, -0.1) is 0 Å². The molecule has 0 aliphatic heterocycles. The van der Waals surface area contributed by atoms with Crippen LogP contribution < -0.4 is 0 Å². The summed E-state index contributed by atoms with van der Waals surface area (Å²) in [5.74, 6) is 0. The molecule has 0 amide bonds. The van der Waals surface area contributed by atoms with Crippen molar-refractivity contribution in [2.75, 3.05) is 19.8 Å². The van der Waals surface area contributed by atoms with E-state index < -0.39 is 0 Å². The normalized spacial score (nSPS) is 8.00. The summed E-state index contributed by atoms with van der Waals surface area (Å²) in [6, 6.07) is 0. The summed E-state index contributed by atoms with van der Waals surface area (Å²) < 4.78 is 0. The van der Waals surface area contributed by atoms with Gasteiger partial charge < -0.3 is 15.3 Å². The molecule has 57 valence electrons. The molecular weight excluding hydrogens is 120 g/mol. The summed E-state index contributed by atoms with van der Waals surface area (Å²) in [7, 11) is 0. The number of unbranched alkanes of at least 4 members (excludes halogenated alkanes) is 1. The van der Waals surface area contributed by atoms with E-state index in [4.69, 9.17) is 15.3 Å². The van der Waals surface area contributed by atoms with E-state index in [0.29, 0.717) is 0 Å². The maximum absolute atomic E-state index is 8.03. The predicted octanol–water partition coefficient (Wildman–Crippen LogP) is -0.436. The van der Waals surface area contributed by atoms with Gasteiger partial charge in [0.05, 0.1) is 13.2 Å². The summed E-state index contributed by atoms with van der Waals surface area (Å²) in [5.41, 5.74) is 0. The van der Waals surface area contributed by atoms with Crippen molar-refractivity contribution in [2.24, 2.45) is 0 Å². The van der Waals surface area contributed by atoms with Crippen molar-refractivity contribution in [3.63, 3.8) is 0 Å². The van der Waals surface area contributed by atoms with Crippen LogP contribution in [0.1, 0.15) is 12.8 Å². The lowest BCUT2D eigenvalue weighted by molar-refractivity contribution is 0.186. The predicted molar refractivity (Wildman–Crippen MR) is 35.8 cm³/mol. The number of hydrogen-bond acceptors (Lipinski definition) is 3. The van der Waals surface area contributed by atoms with Crippen LogP contribution in [0.15, 0.2) is 0 Å². The zero-order valence-corrected chi connectivity index (χ0v) is 5.58. The standard InChI is InChI=1S/C4H9O.C2H6O2/c1-2-3-4-5;3-1-2-4/h5H,1-4H2;3-4H,1-2H2. The summed E-state index contributed by atoms with van der Waals surface area (Å²) in [5, 5.41) is 23.3. The van der Waals surface area contributed by atoms with Gasteiger partial charge in [-0.25, -0.2) is 0 Å². The van der Waals surface area contributed by atoms with Crippen LogP contribution in [-0.2, 0) is 0 Å². The van der Waals surface area contributed by atoms with E-state index in [0.717, 1.165) is 12.8 Å². The molecule has 0 rings (SSSR count). The lowest BCUT2D eigenvalue weighted by atomic mass is 10.4. The van der Waals surface area contributed by atoms with Crippen LogP contribution in [0.25, 0.3) is 0 Å². The molecule has 0 bridgehead atoms. The number of rotatable bonds is 3. The second-order valence-corrected chi connectivity index (χ2v) is 1.38. The van der Waals surface area contributed by atoms with Crippen molar-refractivity contribution in [3.05, 3.63) is 6.92 Å². The fourth-order valence-electron chi connectivity index (χ4n) is 0.112. The Morgan fingerprint density at radius 1 is 0.889 bits per heavy atom. The minimum Gasteiger partial charge on any atom is -0.396 e. The molecule has 0 saturated heterocycles. The Labute approximate surface area is 56.0 Å². The number of hydrogen-bond donors (Lipinski definition) is 3. The summed E-state index contributed by atoms with van der Waals surface area (Å²) in [4.78, 5) is 0. The fourth-order valence-corrected chi connectivity index (χ4v) is 0.112. The van der Waals surface area contributed by atoms with Crippen molar-refractivity contribution in [1.29, 1.82) is 0 Å². The molecule has 0 aromatic heterocycles. The Balaban J connectivity index is 0. The van der Waals surface area contributed by atoms with Gasteiger partial charge in [0.25, 0.3) is 0 Å². The Hall–Kier alpha value is -0.120. The van der Waals surface area contributed by atoms with Gasteiger partial charge in [0.15, 0.2) is 0 Å². The van der Waals surface area contributed by atoms with Gasteiger partial charge in [0.1, 0.15) is 0 Å². The topological polar surface area (TPSA) is 60.7 Å². The molecule has 0 aromatic carbocycles. The number of aliphatic hydroxyl groups is 3. The second-order valence-electron chi connectivity index (χ2n) is 1.38. The first-order valence-corrected chi connectivity index (χ1v) is 2.95. The van der Waals surface area contributed by atoms with Crippen LogP contribution in [0.3, 0.4) is 0 Å². The highest BCUT2D eigenvalue weighted by Crippen LogP contribution is 1.78. The van der Waals surface area contributed by atoms with Crippen molar-refractivity contribution in [1.82, 2.24) is 0 Å². The quantitative estimate of drug-likeness (QED) is 0.492. The molecule has 9 heavy (non-hydrogen) atoms. The average molecular weight is 135 g/mol. The third kappa shape index (κ3) is 32.8. The van der Waals surface area contributed by atoms with Crippen LogP contribution in [0, 0.1) is 6.92 Å². The summed E-state index contributed by atoms with van der Waals surface area (Å²) in [6.45, 7) is 3.55. The van der Waals surface area contributed by atoms with E-state index in [9.17, 15) is 0 Å². The molecule has 0 aromatic rings. The highest BCUT2D eigenvalue weighted by atomic mass is 16.3. The van der Waals surface area contributed by atoms with Crippen LogP contribution in [0.5, 0.6) is 0 Å². The van der Waals surface area contributed by atoms with E-state index in [1.807, 2.05) is 0 Å². The van der Waals surface area contributed by atoms with Crippen molar-refractivity contribution >= 4 is 0 Å². The van der Waals surface area contributed by atoms with Gasteiger partial charge >= 0.3 is 0 Å². The molecule has 0 unspecified atom stereocenters. The minimum atomic E-state index is -0.125. The molecular formula is C6H15O3. The summed E-state index contributed by atoms with van der Waals surface area (Å²) >= 11 is 0. The first-order valence-electron chi connectivity index (χ1n) is 2.95. The zero-order chi connectivity index (χ0) is 7.54. The van der Waals surface area contributed by atoms with E-state index in [-0.39, 0.29) is 19.8 Å². The number of aliphatic hydroxyl groups excluding tert-OH is 3. The average Bonchev–Trinajstić information content (AvgIpc) is 1.91. The van der Waals surface area contributed by atoms with Crippen molar-refractivity contribution in [3.8, 4) is 0 Å². The van der Waals surface area contributed by atoms with Crippen molar-refractivity contribution < 1.29 is 15.3 Å². The van der Waals surface area contributed by atoms with E-state index in [1.165, 1.54) is 0 Å². The van der Waals surface area contributed by atoms with Gasteiger partial charge in [-0.2, -0.15) is 0 Å². The van der Waals surface area contributed by atoms with Crippen LogP contribution in [0.4, 0.5) is 0 Å². The van der Waals surface area contributed by atoms with Crippen LogP contribution >= 0.6 is 0 Å². The monoisotopic (exact) mass is 135 g/mol. The van der Waals surface area contributed by atoms with Gasteiger partial charge in [-0.05, 0) is 6.42 Å². The molecule has 0 heterocycles. The molecule has 1 radical (unpaired) electrons. The smallest absolute Gasteiger partial charge is 0.0662 e. The molecule has 0 saturated carbocycles. The van der Waals surface area contributed by atoms with Crippen molar-refractivity contribution in [2.45, 2.75) is 12.8 Å². The fraction of sp³-hybridized carbons (Fsp3) is 0.833. The molecule has 0 aliphatic rings. The highest BCUT2D eigenvalue weighted by molar-refractivity contribution is 4.34. The van der Waals surface area contributed by atoms with E-state index >= 15 is 0 Å². The molecule has 0 fully saturated rings. The second kappa shape index (κ2) is 15.7. The van der Waals surface area contributed by atoms with Crippen LogP contribution in [0.2, 0.25) is 0 Å². The first-order chi connectivity index (χ1) is 4.33. The maximum atomic E-state index is 8.03. The Morgan fingerprint density at radius 2 is 1.33 bits per heavy atom. The van der Waals surface area contributed by atoms with Gasteiger partial charge in [-0.1, -0.05) is 13.3 Å². The molecule has 3 nitrogen and oxygen atoms in total. The van der Waals surface area contributed by atoms with E-state index in [1.54, 1.807) is 0 Å².